The van der Waals surface area contributed by atoms with E-state index in [1.165, 1.54) is 13.8 Å². The van der Waals surface area contributed by atoms with Gasteiger partial charge in [0.1, 0.15) is 11.9 Å². The molecule has 1 aromatic carbocycles. The van der Waals surface area contributed by atoms with Crippen molar-refractivity contribution < 1.29 is 19.1 Å². The molecule has 0 aliphatic rings. The summed E-state index contributed by atoms with van der Waals surface area (Å²) in [4.78, 5) is 36.8. The number of hydrogen-bond acceptors (Lipinski definition) is 5. The van der Waals surface area contributed by atoms with Crippen molar-refractivity contribution in [3.05, 3.63) is 47.7 Å². The second-order valence-electron chi connectivity index (χ2n) is 6.89. The zero-order valence-electron chi connectivity index (χ0n) is 16.7. The van der Waals surface area contributed by atoms with Crippen LogP contribution in [0.2, 0.25) is 0 Å². The second-order valence-corrected chi connectivity index (χ2v) is 6.89. The number of rotatable bonds is 7. The summed E-state index contributed by atoms with van der Waals surface area (Å²) in [6.07, 6.45) is 0.552. The third-order valence-corrected chi connectivity index (χ3v) is 4.05. The third-order valence-electron chi connectivity index (χ3n) is 4.05. The van der Waals surface area contributed by atoms with Crippen LogP contribution in [-0.2, 0) is 14.3 Å². The highest BCUT2D eigenvalue weighted by molar-refractivity contribution is 5.98. The standard InChI is InChI=1S/C20H26N4O4/c1-12(2)24-17(9-10-21-24)23-18(25)15(5)28-20(27)14(4)22-19(26)16-8-6-7-13(3)11-16/h6-12,14-15H,1-5H3,(H,22,26)(H,23,25). The van der Waals surface area contributed by atoms with E-state index in [4.69, 9.17) is 4.74 Å². The molecule has 0 fully saturated rings. The Morgan fingerprint density at radius 2 is 1.82 bits per heavy atom. The van der Waals surface area contributed by atoms with Crippen molar-refractivity contribution in [1.29, 1.82) is 0 Å². The van der Waals surface area contributed by atoms with Gasteiger partial charge in [-0.3, -0.25) is 9.59 Å². The highest BCUT2D eigenvalue weighted by atomic mass is 16.5. The molecule has 2 N–H and O–H groups in total. The molecular weight excluding hydrogens is 360 g/mol. The molecule has 2 aromatic rings. The number of nitrogens with one attached hydrogen (secondary N) is 2. The SMILES string of the molecule is Cc1cccc(C(=O)NC(C)C(=O)OC(C)C(=O)Nc2ccnn2C(C)C)c1. The van der Waals surface area contributed by atoms with Crippen LogP contribution in [0.4, 0.5) is 5.82 Å². The van der Waals surface area contributed by atoms with Crippen LogP contribution < -0.4 is 10.6 Å². The predicted octanol–water partition coefficient (Wildman–Crippen LogP) is 2.46. The van der Waals surface area contributed by atoms with Gasteiger partial charge in [0.2, 0.25) is 0 Å². The van der Waals surface area contributed by atoms with Gasteiger partial charge in [-0.25, -0.2) is 9.48 Å². The largest absolute Gasteiger partial charge is 0.451 e. The van der Waals surface area contributed by atoms with E-state index in [0.29, 0.717) is 11.4 Å². The lowest BCUT2D eigenvalue weighted by Gasteiger charge is -2.18. The summed E-state index contributed by atoms with van der Waals surface area (Å²) in [6.45, 7) is 8.72. The maximum absolute atomic E-state index is 12.3. The first kappa shape index (κ1) is 21.1. The average Bonchev–Trinajstić information content (AvgIpc) is 3.09. The monoisotopic (exact) mass is 386 g/mol. The van der Waals surface area contributed by atoms with Crippen molar-refractivity contribution in [2.45, 2.75) is 52.8 Å². The summed E-state index contributed by atoms with van der Waals surface area (Å²) < 4.78 is 6.84. The van der Waals surface area contributed by atoms with Crippen LogP contribution in [0.3, 0.4) is 0 Å². The molecule has 8 heteroatoms. The number of hydrogen-bond donors (Lipinski definition) is 2. The van der Waals surface area contributed by atoms with Crippen molar-refractivity contribution in [3.63, 3.8) is 0 Å². The molecule has 1 heterocycles. The highest BCUT2D eigenvalue weighted by Gasteiger charge is 2.24. The van der Waals surface area contributed by atoms with Gasteiger partial charge >= 0.3 is 5.97 Å². The number of aromatic nitrogens is 2. The molecule has 0 saturated carbocycles. The van der Waals surface area contributed by atoms with Crippen LogP contribution in [-0.4, -0.2) is 39.7 Å². The number of anilines is 1. The van der Waals surface area contributed by atoms with E-state index in [0.717, 1.165) is 5.56 Å². The van der Waals surface area contributed by atoms with Gasteiger partial charge < -0.3 is 15.4 Å². The summed E-state index contributed by atoms with van der Waals surface area (Å²) in [7, 11) is 0. The minimum atomic E-state index is -1.03. The van der Waals surface area contributed by atoms with Crippen LogP contribution in [0.5, 0.6) is 0 Å². The van der Waals surface area contributed by atoms with Crippen LogP contribution in [0.15, 0.2) is 36.5 Å². The smallest absolute Gasteiger partial charge is 0.329 e. The van der Waals surface area contributed by atoms with Crippen molar-refractivity contribution in [2.75, 3.05) is 5.32 Å². The zero-order valence-corrected chi connectivity index (χ0v) is 16.7. The minimum Gasteiger partial charge on any atom is -0.451 e. The molecule has 0 spiro atoms. The summed E-state index contributed by atoms with van der Waals surface area (Å²) in [5, 5.41) is 9.40. The van der Waals surface area contributed by atoms with E-state index < -0.39 is 24.0 Å². The fourth-order valence-electron chi connectivity index (χ4n) is 2.51. The lowest BCUT2D eigenvalue weighted by Crippen LogP contribution is -2.42. The Hall–Kier alpha value is -3.16. The highest BCUT2D eigenvalue weighted by Crippen LogP contribution is 2.13. The molecule has 28 heavy (non-hydrogen) atoms. The number of amides is 2. The first-order valence-electron chi connectivity index (χ1n) is 9.11. The fraction of sp³-hybridized carbons (Fsp3) is 0.400. The first-order valence-corrected chi connectivity index (χ1v) is 9.11. The molecule has 0 aliphatic carbocycles. The van der Waals surface area contributed by atoms with Gasteiger partial charge in [0, 0.05) is 17.7 Å². The summed E-state index contributed by atoms with van der Waals surface area (Å²) in [5.41, 5.74) is 1.39. The zero-order chi connectivity index (χ0) is 20.8. The van der Waals surface area contributed by atoms with Gasteiger partial charge in [0.05, 0.1) is 6.20 Å². The average molecular weight is 386 g/mol. The van der Waals surface area contributed by atoms with Gasteiger partial charge in [0.15, 0.2) is 6.10 Å². The fourth-order valence-corrected chi connectivity index (χ4v) is 2.51. The molecule has 1 aromatic heterocycles. The van der Waals surface area contributed by atoms with Crippen molar-refractivity contribution in [2.24, 2.45) is 0 Å². The number of aryl methyl sites for hydroxylation is 1. The van der Waals surface area contributed by atoms with Crippen LogP contribution in [0.1, 0.15) is 49.7 Å². The number of nitrogens with zero attached hydrogens (tertiary/aromatic N) is 2. The topological polar surface area (TPSA) is 102 Å². The molecule has 2 rings (SSSR count). The number of carbonyl (C=O) groups is 3. The summed E-state index contributed by atoms with van der Waals surface area (Å²) >= 11 is 0. The second kappa shape index (κ2) is 9.16. The van der Waals surface area contributed by atoms with E-state index in [2.05, 4.69) is 15.7 Å². The molecule has 0 saturated heterocycles. The van der Waals surface area contributed by atoms with Gasteiger partial charge in [0.25, 0.3) is 11.8 Å². The predicted molar refractivity (Wildman–Crippen MR) is 105 cm³/mol. The quantitative estimate of drug-likeness (QED) is 0.712. The number of esters is 1. The van der Waals surface area contributed by atoms with Crippen LogP contribution in [0, 0.1) is 6.92 Å². The summed E-state index contributed by atoms with van der Waals surface area (Å²) in [6, 6.07) is 7.86. The van der Waals surface area contributed by atoms with Crippen molar-refractivity contribution in [3.8, 4) is 0 Å². The normalized spacial score (nSPS) is 12.9. The van der Waals surface area contributed by atoms with Crippen LogP contribution >= 0.6 is 0 Å². The Morgan fingerprint density at radius 3 is 2.46 bits per heavy atom. The summed E-state index contributed by atoms with van der Waals surface area (Å²) in [5.74, 6) is -1.04. The van der Waals surface area contributed by atoms with E-state index >= 15 is 0 Å². The van der Waals surface area contributed by atoms with E-state index in [-0.39, 0.29) is 11.9 Å². The van der Waals surface area contributed by atoms with Gasteiger partial charge in [-0.2, -0.15) is 5.10 Å². The molecule has 150 valence electrons. The molecule has 0 bridgehead atoms. The van der Waals surface area contributed by atoms with Crippen molar-refractivity contribution >= 4 is 23.6 Å². The Kier molecular flexibility index (Phi) is 6.92. The Bertz CT molecular complexity index is 859. The molecule has 0 aliphatic heterocycles. The molecule has 2 unspecified atom stereocenters. The lowest BCUT2D eigenvalue weighted by molar-refractivity contribution is -0.154. The van der Waals surface area contributed by atoms with Crippen LogP contribution in [0.25, 0.3) is 0 Å². The maximum Gasteiger partial charge on any atom is 0.329 e. The minimum absolute atomic E-state index is 0.0695. The molecule has 2 amide bonds. The maximum atomic E-state index is 12.3. The lowest BCUT2D eigenvalue weighted by atomic mass is 10.1. The molecule has 2 atom stereocenters. The molecular formula is C20H26N4O4. The molecule has 0 radical (unpaired) electrons. The van der Waals surface area contributed by atoms with Gasteiger partial charge in [-0.1, -0.05) is 17.7 Å². The van der Waals surface area contributed by atoms with Gasteiger partial charge in [-0.15, -0.1) is 0 Å². The van der Waals surface area contributed by atoms with E-state index in [1.807, 2.05) is 26.8 Å². The molecule has 8 nitrogen and oxygen atoms in total. The van der Waals surface area contributed by atoms with Gasteiger partial charge in [-0.05, 0) is 46.8 Å². The van der Waals surface area contributed by atoms with Crippen molar-refractivity contribution in [1.82, 2.24) is 15.1 Å². The Morgan fingerprint density at radius 1 is 1.11 bits per heavy atom. The third kappa shape index (κ3) is 5.42. The first-order chi connectivity index (χ1) is 13.2. The van der Waals surface area contributed by atoms with E-state index in [9.17, 15) is 14.4 Å². The Labute approximate surface area is 164 Å². The number of carbonyl (C=O) groups excluding carboxylic acids is 3. The number of benzene rings is 1. The number of ether oxygens (including phenoxy) is 1. The Balaban J connectivity index is 1.90. The van der Waals surface area contributed by atoms with E-state index in [1.54, 1.807) is 35.1 Å².